The molecule has 0 radical (unpaired) electrons. The van der Waals surface area contributed by atoms with E-state index < -0.39 is 11.8 Å². The molecule has 1 aromatic carbocycles. The van der Waals surface area contributed by atoms with Crippen LogP contribution in [0.3, 0.4) is 0 Å². The van der Waals surface area contributed by atoms with Gasteiger partial charge >= 0.3 is 0 Å². The zero-order valence-electron chi connectivity index (χ0n) is 11.5. The number of benzene rings is 1. The molecule has 1 unspecified atom stereocenters. The summed E-state index contributed by atoms with van der Waals surface area (Å²) in [6, 6.07) is 7.88. The molecule has 0 amide bonds. The average Bonchev–Trinajstić information content (AvgIpc) is 2.70. The van der Waals surface area contributed by atoms with E-state index >= 15 is 0 Å². The quantitative estimate of drug-likeness (QED) is 0.791. The Morgan fingerprint density at radius 1 is 1.32 bits per heavy atom. The molecule has 1 saturated carbocycles. The molecule has 0 aromatic heterocycles. The van der Waals surface area contributed by atoms with E-state index in [0.29, 0.717) is 12.3 Å². The molecule has 1 nitrogen and oxygen atoms in total. The third-order valence-electron chi connectivity index (χ3n) is 3.88. The minimum Gasteiger partial charge on any atom is -0.299 e. The molecule has 1 aliphatic carbocycles. The molecule has 1 aliphatic rings. The highest BCUT2D eigenvalue weighted by Crippen LogP contribution is 2.39. The van der Waals surface area contributed by atoms with Gasteiger partial charge in [0.05, 0.1) is 0 Å². The van der Waals surface area contributed by atoms with Gasteiger partial charge in [0.2, 0.25) is 5.92 Å². The van der Waals surface area contributed by atoms with E-state index in [1.165, 1.54) is 5.56 Å². The van der Waals surface area contributed by atoms with Gasteiger partial charge in [0.25, 0.3) is 0 Å². The monoisotopic (exact) mass is 266 g/mol. The van der Waals surface area contributed by atoms with Crippen LogP contribution in [0.2, 0.25) is 0 Å². The van der Waals surface area contributed by atoms with Crippen LogP contribution in [0.1, 0.15) is 50.2 Å². The first-order valence-corrected chi connectivity index (χ1v) is 6.87. The Morgan fingerprint density at radius 3 is 2.42 bits per heavy atom. The normalized spacial score (nSPS) is 21.8. The number of halogens is 2. The molecular formula is C16H20F2O. The second kappa shape index (κ2) is 5.40. The van der Waals surface area contributed by atoms with Crippen LogP contribution < -0.4 is 0 Å². The van der Waals surface area contributed by atoms with Crippen molar-refractivity contribution in [1.82, 2.24) is 0 Å². The molecule has 3 heteroatoms. The molecule has 0 N–H and O–H groups in total. The molecule has 0 heterocycles. The summed E-state index contributed by atoms with van der Waals surface area (Å²) in [5.74, 6) is -2.69. The summed E-state index contributed by atoms with van der Waals surface area (Å²) >= 11 is 0. The first-order valence-electron chi connectivity index (χ1n) is 6.87. The SMILES string of the molecule is CC(C)c1ccc(CC(=O)C2CCC(F)(F)C2)cc1. The molecule has 2 rings (SSSR count). The molecule has 1 fully saturated rings. The van der Waals surface area contributed by atoms with Gasteiger partial charge in [-0.1, -0.05) is 38.1 Å². The zero-order valence-corrected chi connectivity index (χ0v) is 11.5. The van der Waals surface area contributed by atoms with E-state index in [-0.39, 0.29) is 25.0 Å². The van der Waals surface area contributed by atoms with Crippen molar-refractivity contribution in [2.75, 3.05) is 0 Å². The number of hydrogen-bond donors (Lipinski definition) is 0. The summed E-state index contributed by atoms with van der Waals surface area (Å²) in [6.45, 7) is 4.22. The summed E-state index contributed by atoms with van der Waals surface area (Å²) in [7, 11) is 0. The van der Waals surface area contributed by atoms with Gasteiger partial charge in [0.15, 0.2) is 0 Å². The average molecular weight is 266 g/mol. The lowest BCUT2D eigenvalue weighted by atomic mass is 9.95. The molecule has 0 spiro atoms. The number of hydrogen-bond acceptors (Lipinski definition) is 1. The first-order chi connectivity index (χ1) is 8.87. The third kappa shape index (κ3) is 3.62. The number of alkyl halides is 2. The molecule has 0 saturated heterocycles. The highest BCUT2D eigenvalue weighted by atomic mass is 19.3. The van der Waals surface area contributed by atoms with Gasteiger partial charge in [-0.2, -0.15) is 0 Å². The molecular weight excluding hydrogens is 246 g/mol. The molecule has 0 bridgehead atoms. The van der Waals surface area contributed by atoms with Crippen LogP contribution >= 0.6 is 0 Å². The smallest absolute Gasteiger partial charge is 0.248 e. The van der Waals surface area contributed by atoms with Crippen molar-refractivity contribution in [3.05, 3.63) is 35.4 Å². The van der Waals surface area contributed by atoms with Crippen LogP contribution in [0.4, 0.5) is 8.78 Å². The maximum absolute atomic E-state index is 13.1. The van der Waals surface area contributed by atoms with Crippen LogP contribution in [-0.4, -0.2) is 11.7 Å². The number of carbonyl (C=O) groups excluding carboxylic acids is 1. The van der Waals surface area contributed by atoms with Crippen molar-refractivity contribution in [2.24, 2.45) is 5.92 Å². The Morgan fingerprint density at radius 2 is 1.95 bits per heavy atom. The van der Waals surface area contributed by atoms with Gasteiger partial charge in [-0.15, -0.1) is 0 Å². The number of ketones is 1. The van der Waals surface area contributed by atoms with Crippen molar-refractivity contribution >= 4 is 5.78 Å². The third-order valence-corrected chi connectivity index (χ3v) is 3.88. The van der Waals surface area contributed by atoms with E-state index in [9.17, 15) is 13.6 Å². The zero-order chi connectivity index (χ0) is 14.0. The van der Waals surface area contributed by atoms with Gasteiger partial charge in [-0.25, -0.2) is 8.78 Å². The summed E-state index contributed by atoms with van der Waals surface area (Å²) in [4.78, 5) is 12.0. The van der Waals surface area contributed by atoms with E-state index in [2.05, 4.69) is 13.8 Å². The lowest BCUT2D eigenvalue weighted by Crippen LogP contribution is -2.17. The van der Waals surface area contributed by atoms with Gasteiger partial charge in [0.1, 0.15) is 5.78 Å². The highest BCUT2D eigenvalue weighted by molar-refractivity contribution is 5.83. The minimum atomic E-state index is -2.64. The number of carbonyl (C=O) groups is 1. The fourth-order valence-corrected chi connectivity index (χ4v) is 2.59. The number of Topliss-reactive ketones (excluding diaryl/α,β-unsaturated/α-hetero) is 1. The van der Waals surface area contributed by atoms with E-state index in [1.807, 2.05) is 24.3 Å². The summed E-state index contributed by atoms with van der Waals surface area (Å²) in [5, 5.41) is 0. The Labute approximate surface area is 113 Å². The van der Waals surface area contributed by atoms with Gasteiger partial charge in [-0.3, -0.25) is 4.79 Å². The van der Waals surface area contributed by atoms with Crippen LogP contribution in [0, 0.1) is 5.92 Å². The van der Waals surface area contributed by atoms with Crippen molar-refractivity contribution < 1.29 is 13.6 Å². The maximum Gasteiger partial charge on any atom is 0.248 e. The summed E-state index contributed by atoms with van der Waals surface area (Å²) in [5.41, 5.74) is 2.15. The van der Waals surface area contributed by atoms with Crippen LogP contribution in [-0.2, 0) is 11.2 Å². The van der Waals surface area contributed by atoms with Crippen LogP contribution in [0.5, 0.6) is 0 Å². The van der Waals surface area contributed by atoms with E-state index in [1.54, 1.807) is 0 Å². The van der Waals surface area contributed by atoms with Gasteiger partial charge < -0.3 is 0 Å². The van der Waals surface area contributed by atoms with Crippen LogP contribution in [0.15, 0.2) is 24.3 Å². The van der Waals surface area contributed by atoms with Crippen molar-refractivity contribution in [2.45, 2.75) is 51.4 Å². The second-order valence-electron chi connectivity index (χ2n) is 5.84. The minimum absolute atomic E-state index is 0.0468. The fraction of sp³-hybridized carbons (Fsp3) is 0.562. The second-order valence-corrected chi connectivity index (χ2v) is 5.84. The lowest BCUT2D eigenvalue weighted by molar-refractivity contribution is -0.123. The molecule has 1 atom stereocenters. The molecule has 0 aliphatic heterocycles. The Balaban J connectivity index is 1.96. The number of rotatable bonds is 4. The van der Waals surface area contributed by atoms with Crippen molar-refractivity contribution in [3.63, 3.8) is 0 Å². The summed E-state index contributed by atoms with van der Waals surface area (Å²) < 4.78 is 26.2. The fourth-order valence-electron chi connectivity index (χ4n) is 2.59. The molecule has 19 heavy (non-hydrogen) atoms. The Kier molecular flexibility index (Phi) is 4.02. The van der Waals surface area contributed by atoms with Crippen molar-refractivity contribution in [1.29, 1.82) is 0 Å². The topological polar surface area (TPSA) is 17.1 Å². The maximum atomic E-state index is 13.1. The molecule has 104 valence electrons. The van der Waals surface area contributed by atoms with E-state index in [0.717, 1.165) is 5.56 Å². The van der Waals surface area contributed by atoms with Gasteiger partial charge in [-0.05, 0) is 23.5 Å². The summed E-state index contributed by atoms with van der Waals surface area (Å²) in [6.07, 6.45) is 0.195. The lowest BCUT2D eigenvalue weighted by Gasteiger charge is -2.10. The first kappa shape index (κ1) is 14.2. The largest absolute Gasteiger partial charge is 0.299 e. The Bertz CT molecular complexity index is 448. The van der Waals surface area contributed by atoms with E-state index in [4.69, 9.17) is 0 Å². The predicted molar refractivity (Wildman–Crippen MR) is 71.5 cm³/mol. The highest BCUT2D eigenvalue weighted by Gasteiger charge is 2.42. The Hall–Kier alpha value is -1.25. The predicted octanol–water partition coefficient (Wildman–Crippen LogP) is 4.36. The molecule has 1 aromatic rings. The van der Waals surface area contributed by atoms with Crippen LogP contribution in [0.25, 0.3) is 0 Å². The van der Waals surface area contributed by atoms with Crippen molar-refractivity contribution in [3.8, 4) is 0 Å². The standard InChI is InChI=1S/C16H20F2O/c1-11(2)13-5-3-12(4-6-13)9-15(19)14-7-8-16(17,18)10-14/h3-6,11,14H,7-10H2,1-2H3. The van der Waals surface area contributed by atoms with Gasteiger partial charge in [0, 0.05) is 25.2 Å².